The summed E-state index contributed by atoms with van der Waals surface area (Å²) in [5.74, 6) is -0.00860. The van der Waals surface area contributed by atoms with Gasteiger partial charge in [-0.1, -0.05) is 6.92 Å². The standard InChI is InChI=1S/C9H20N4O.HI/c1-4-5-12-8(11)13-6-9(2,3)7(10)14;/h4-6H2,1-3H3,(H2,10,14)(H3,11,12,13);1H. The molecular formula is C9H21IN4O. The lowest BCUT2D eigenvalue weighted by Gasteiger charge is -2.17. The number of nitrogens with zero attached hydrogens (tertiary/aromatic N) is 1. The SMILES string of the molecule is CCCNC(N)=NCC(C)(C)C(N)=O.I. The van der Waals surface area contributed by atoms with E-state index in [-0.39, 0.29) is 29.9 Å². The second-order valence-electron chi connectivity index (χ2n) is 3.88. The summed E-state index contributed by atoms with van der Waals surface area (Å²) in [6.45, 7) is 6.61. The van der Waals surface area contributed by atoms with E-state index >= 15 is 0 Å². The molecule has 0 fully saturated rings. The number of carbonyl (C=O) groups excluding carboxylic acids is 1. The molecule has 0 bridgehead atoms. The van der Waals surface area contributed by atoms with Crippen molar-refractivity contribution in [1.29, 1.82) is 0 Å². The summed E-state index contributed by atoms with van der Waals surface area (Å²) in [5.41, 5.74) is 10.1. The van der Waals surface area contributed by atoms with Crippen LogP contribution < -0.4 is 16.8 Å². The fourth-order valence-electron chi connectivity index (χ4n) is 0.670. The number of rotatable bonds is 5. The average molecular weight is 328 g/mol. The Bertz CT molecular complexity index is 228. The molecule has 0 aromatic heterocycles. The van der Waals surface area contributed by atoms with Gasteiger partial charge in [0, 0.05) is 6.54 Å². The molecule has 15 heavy (non-hydrogen) atoms. The van der Waals surface area contributed by atoms with Crippen LogP contribution in [0.5, 0.6) is 0 Å². The van der Waals surface area contributed by atoms with Crippen molar-refractivity contribution in [3.05, 3.63) is 0 Å². The topological polar surface area (TPSA) is 93.5 Å². The minimum Gasteiger partial charge on any atom is -0.370 e. The van der Waals surface area contributed by atoms with Crippen LogP contribution in [0.1, 0.15) is 27.2 Å². The second kappa shape index (κ2) is 7.72. The molecule has 0 saturated carbocycles. The molecule has 0 aromatic rings. The third kappa shape index (κ3) is 7.40. The Morgan fingerprint density at radius 3 is 2.33 bits per heavy atom. The van der Waals surface area contributed by atoms with Crippen LogP contribution in [0.2, 0.25) is 0 Å². The Morgan fingerprint density at radius 1 is 1.40 bits per heavy atom. The molecule has 6 heteroatoms. The maximum atomic E-state index is 10.9. The molecule has 0 heterocycles. The zero-order valence-corrected chi connectivity index (χ0v) is 11.9. The van der Waals surface area contributed by atoms with Gasteiger partial charge in [0.05, 0.1) is 12.0 Å². The molecule has 90 valence electrons. The van der Waals surface area contributed by atoms with E-state index in [1.165, 1.54) is 0 Å². The van der Waals surface area contributed by atoms with Gasteiger partial charge < -0.3 is 16.8 Å². The van der Waals surface area contributed by atoms with Crippen molar-refractivity contribution in [2.45, 2.75) is 27.2 Å². The molecule has 0 spiro atoms. The zero-order valence-electron chi connectivity index (χ0n) is 9.54. The van der Waals surface area contributed by atoms with Crippen molar-refractivity contribution in [3.63, 3.8) is 0 Å². The molecular weight excluding hydrogens is 307 g/mol. The first-order chi connectivity index (χ1) is 6.40. The minimum atomic E-state index is -0.640. The monoisotopic (exact) mass is 328 g/mol. The van der Waals surface area contributed by atoms with Gasteiger partial charge in [0.2, 0.25) is 5.91 Å². The summed E-state index contributed by atoms with van der Waals surface area (Å²) >= 11 is 0. The van der Waals surface area contributed by atoms with E-state index in [1.54, 1.807) is 13.8 Å². The number of nitrogens with one attached hydrogen (secondary N) is 1. The smallest absolute Gasteiger partial charge is 0.224 e. The van der Waals surface area contributed by atoms with E-state index in [1.807, 2.05) is 6.92 Å². The van der Waals surface area contributed by atoms with Gasteiger partial charge in [-0.05, 0) is 20.3 Å². The minimum absolute atomic E-state index is 0. The molecule has 0 saturated heterocycles. The first-order valence-corrected chi connectivity index (χ1v) is 4.74. The highest BCUT2D eigenvalue weighted by Crippen LogP contribution is 2.13. The van der Waals surface area contributed by atoms with Gasteiger partial charge in [-0.25, -0.2) is 0 Å². The summed E-state index contributed by atoms with van der Waals surface area (Å²) in [6, 6.07) is 0. The predicted molar refractivity (Wildman–Crippen MR) is 73.2 cm³/mol. The van der Waals surface area contributed by atoms with Gasteiger partial charge in [0.25, 0.3) is 0 Å². The number of nitrogens with two attached hydrogens (primary N) is 2. The molecule has 0 aliphatic rings. The van der Waals surface area contributed by atoms with Gasteiger partial charge in [-0.15, -0.1) is 24.0 Å². The predicted octanol–water partition coefficient (Wildman–Crippen LogP) is 0.430. The maximum Gasteiger partial charge on any atom is 0.224 e. The number of hydrogen-bond acceptors (Lipinski definition) is 2. The number of guanidine groups is 1. The third-order valence-electron chi connectivity index (χ3n) is 1.87. The van der Waals surface area contributed by atoms with Crippen molar-refractivity contribution >= 4 is 35.8 Å². The maximum absolute atomic E-state index is 10.9. The second-order valence-corrected chi connectivity index (χ2v) is 3.88. The Kier molecular flexibility index (Phi) is 8.69. The van der Waals surface area contributed by atoms with Crippen LogP contribution in [0, 0.1) is 5.41 Å². The van der Waals surface area contributed by atoms with Crippen molar-refractivity contribution in [1.82, 2.24) is 5.32 Å². The van der Waals surface area contributed by atoms with Gasteiger partial charge in [0.1, 0.15) is 0 Å². The molecule has 0 aromatic carbocycles. The van der Waals surface area contributed by atoms with Gasteiger partial charge in [-0.2, -0.15) is 0 Å². The fraction of sp³-hybridized carbons (Fsp3) is 0.778. The molecule has 0 radical (unpaired) electrons. The highest BCUT2D eigenvalue weighted by molar-refractivity contribution is 14.0. The lowest BCUT2D eigenvalue weighted by atomic mass is 9.93. The van der Waals surface area contributed by atoms with E-state index in [4.69, 9.17) is 11.5 Å². The number of carbonyl (C=O) groups is 1. The van der Waals surface area contributed by atoms with E-state index < -0.39 is 5.41 Å². The van der Waals surface area contributed by atoms with E-state index in [2.05, 4.69) is 10.3 Å². The van der Waals surface area contributed by atoms with Gasteiger partial charge >= 0.3 is 0 Å². The van der Waals surface area contributed by atoms with Crippen molar-refractivity contribution < 1.29 is 4.79 Å². The lowest BCUT2D eigenvalue weighted by Crippen LogP contribution is -2.37. The highest BCUT2D eigenvalue weighted by atomic mass is 127. The summed E-state index contributed by atoms with van der Waals surface area (Å²) < 4.78 is 0. The number of aliphatic imine (C=N–C) groups is 1. The van der Waals surface area contributed by atoms with Crippen LogP contribution in [0.4, 0.5) is 0 Å². The number of primary amides is 1. The largest absolute Gasteiger partial charge is 0.370 e. The summed E-state index contributed by atoms with van der Waals surface area (Å²) in [7, 11) is 0. The Hall–Kier alpha value is -0.530. The molecule has 0 aliphatic heterocycles. The van der Waals surface area contributed by atoms with Crippen LogP contribution in [0.25, 0.3) is 0 Å². The van der Waals surface area contributed by atoms with Gasteiger partial charge in [0.15, 0.2) is 5.96 Å². The van der Waals surface area contributed by atoms with E-state index in [9.17, 15) is 4.79 Å². The van der Waals surface area contributed by atoms with E-state index in [0.29, 0.717) is 12.5 Å². The highest BCUT2D eigenvalue weighted by Gasteiger charge is 2.24. The first-order valence-electron chi connectivity index (χ1n) is 4.74. The summed E-state index contributed by atoms with van der Waals surface area (Å²) in [4.78, 5) is 15.0. The van der Waals surface area contributed by atoms with Crippen LogP contribution in [-0.4, -0.2) is 25.0 Å². The summed E-state index contributed by atoms with van der Waals surface area (Å²) in [5, 5.41) is 2.92. The molecule has 5 N–H and O–H groups in total. The molecule has 5 nitrogen and oxygen atoms in total. The molecule has 0 unspecified atom stereocenters. The number of hydrogen-bond donors (Lipinski definition) is 3. The molecule has 0 rings (SSSR count). The molecule has 0 aliphatic carbocycles. The Labute approximate surface area is 108 Å². The van der Waals surface area contributed by atoms with Crippen LogP contribution in [0.3, 0.4) is 0 Å². The quantitative estimate of drug-likeness (QED) is 0.388. The normalized spacial score (nSPS) is 11.8. The number of halogens is 1. The first kappa shape index (κ1) is 16.9. The fourth-order valence-corrected chi connectivity index (χ4v) is 0.670. The van der Waals surface area contributed by atoms with Crippen LogP contribution >= 0.6 is 24.0 Å². The number of amides is 1. The lowest BCUT2D eigenvalue weighted by molar-refractivity contribution is -0.125. The van der Waals surface area contributed by atoms with Crippen LogP contribution in [-0.2, 0) is 4.79 Å². The van der Waals surface area contributed by atoms with Crippen molar-refractivity contribution in [3.8, 4) is 0 Å². The average Bonchev–Trinajstić information content (AvgIpc) is 2.11. The van der Waals surface area contributed by atoms with Gasteiger partial charge in [-0.3, -0.25) is 9.79 Å². The zero-order chi connectivity index (χ0) is 11.2. The third-order valence-corrected chi connectivity index (χ3v) is 1.87. The van der Waals surface area contributed by atoms with E-state index in [0.717, 1.165) is 13.0 Å². The Balaban J connectivity index is 0. The molecule has 1 amide bonds. The Morgan fingerprint density at radius 2 is 1.93 bits per heavy atom. The van der Waals surface area contributed by atoms with Crippen LogP contribution in [0.15, 0.2) is 4.99 Å². The van der Waals surface area contributed by atoms with Crippen molar-refractivity contribution in [2.24, 2.45) is 21.9 Å². The summed E-state index contributed by atoms with van der Waals surface area (Å²) in [6.07, 6.45) is 0.982. The molecule has 0 atom stereocenters. The van der Waals surface area contributed by atoms with Crippen molar-refractivity contribution in [2.75, 3.05) is 13.1 Å².